The molecule has 0 aromatic heterocycles. The highest BCUT2D eigenvalue weighted by Gasteiger charge is 2.33. The van der Waals surface area contributed by atoms with Crippen LogP contribution in [0, 0.1) is 10.1 Å². The van der Waals surface area contributed by atoms with Crippen molar-refractivity contribution in [3.05, 3.63) is 67.3 Å². The molecule has 22 heavy (non-hydrogen) atoms. The van der Waals surface area contributed by atoms with Gasteiger partial charge in [0.1, 0.15) is 5.76 Å². The molecule has 0 unspecified atom stereocenters. The van der Waals surface area contributed by atoms with Crippen LogP contribution in [0.5, 0.6) is 0 Å². The second kappa shape index (κ2) is 5.76. The van der Waals surface area contributed by atoms with Gasteiger partial charge in [0.15, 0.2) is 0 Å². The van der Waals surface area contributed by atoms with Gasteiger partial charge in [-0.25, -0.2) is 5.06 Å². The van der Waals surface area contributed by atoms with Crippen molar-refractivity contribution in [2.45, 2.75) is 0 Å². The van der Waals surface area contributed by atoms with Gasteiger partial charge in [0.05, 0.1) is 33.0 Å². The van der Waals surface area contributed by atoms with Gasteiger partial charge in [-0.05, 0) is 0 Å². The van der Waals surface area contributed by atoms with Crippen LogP contribution in [-0.4, -0.2) is 31.9 Å². The van der Waals surface area contributed by atoms with E-state index in [9.17, 15) is 30.0 Å². The topological polar surface area (TPSA) is 121 Å². The molecule has 1 aliphatic heterocycles. The van der Waals surface area contributed by atoms with E-state index in [1.165, 1.54) is 0 Å². The third-order valence-corrected chi connectivity index (χ3v) is 3.28. The average Bonchev–Trinajstić information content (AvgIpc) is 2.39. The first-order valence-electron chi connectivity index (χ1n) is 5.55. The summed E-state index contributed by atoms with van der Waals surface area (Å²) in [5.74, 6) is -3.09. The molecular formula is C12H6Cl2N2O6. The number of allylic oxidation sites excluding steroid dienone is 6. The lowest BCUT2D eigenvalue weighted by Crippen LogP contribution is -2.23. The molecule has 2 aliphatic rings. The third kappa shape index (κ3) is 2.80. The zero-order valence-corrected chi connectivity index (χ0v) is 12.0. The highest BCUT2D eigenvalue weighted by molar-refractivity contribution is 6.48. The summed E-state index contributed by atoms with van der Waals surface area (Å²) in [6, 6.07) is 0. The molecule has 0 aromatic rings. The Balaban J connectivity index is 2.58. The summed E-state index contributed by atoms with van der Waals surface area (Å²) in [6.07, 6.45) is 3.49. The van der Waals surface area contributed by atoms with Gasteiger partial charge >= 0.3 is 11.5 Å². The Labute approximate surface area is 132 Å². The summed E-state index contributed by atoms with van der Waals surface area (Å²) in [5.41, 5.74) is -1.42. The van der Waals surface area contributed by atoms with Gasteiger partial charge in [-0.15, -0.1) is 0 Å². The molecule has 2 N–H and O–H groups in total. The number of carbonyl (C=O) groups excluding carboxylic acids is 2. The quantitative estimate of drug-likeness (QED) is 0.258. The zero-order chi connectivity index (χ0) is 16.6. The summed E-state index contributed by atoms with van der Waals surface area (Å²) < 4.78 is 0. The molecule has 0 saturated heterocycles. The molecule has 0 spiro atoms. The second-order valence-corrected chi connectivity index (χ2v) is 4.95. The Morgan fingerprint density at radius 3 is 2.23 bits per heavy atom. The molecule has 0 aromatic carbocycles. The van der Waals surface area contributed by atoms with E-state index in [0.717, 1.165) is 24.6 Å². The number of aliphatic hydroxyl groups excluding tert-OH is 1. The summed E-state index contributed by atoms with van der Waals surface area (Å²) in [5, 5.41) is 30.4. The number of Topliss-reactive ketones (excluding diaryl/α,β-unsaturated/α-hetero) is 1. The molecular weight excluding hydrogens is 339 g/mol. The van der Waals surface area contributed by atoms with Crippen molar-refractivity contribution in [2.24, 2.45) is 0 Å². The van der Waals surface area contributed by atoms with Crippen LogP contribution in [0.4, 0.5) is 0 Å². The van der Waals surface area contributed by atoms with Crippen LogP contribution in [0.25, 0.3) is 0 Å². The van der Waals surface area contributed by atoms with Crippen LogP contribution in [0.3, 0.4) is 0 Å². The minimum Gasteiger partial charge on any atom is -0.507 e. The standard InChI is InChI=1S/C12H6Cl2N2O6/c13-6-3-15(20)4-7(14)10(6)11(18)5-1-8(16(21)22)12(19)9(17)2-5/h1-4,18,20H. The number of rotatable bonds is 2. The zero-order valence-electron chi connectivity index (χ0n) is 10.5. The van der Waals surface area contributed by atoms with Gasteiger partial charge in [-0.1, -0.05) is 23.2 Å². The molecule has 0 atom stereocenters. The van der Waals surface area contributed by atoms with E-state index < -0.39 is 27.9 Å². The smallest absolute Gasteiger partial charge is 0.321 e. The summed E-state index contributed by atoms with van der Waals surface area (Å²) in [4.78, 5) is 32.6. The molecule has 0 fully saturated rings. The lowest BCUT2D eigenvalue weighted by Gasteiger charge is -2.18. The van der Waals surface area contributed by atoms with E-state index in [1.54, 1.807) is 0 Å². The van der Waals surface area contributed by atoms with Gasteiger partial charge < -0.3 is 5.11 Å². The van der Waals surface area contributed by atoms with Crippen molar-refractivity contribution in [3.63, 3.8) is 0 Å². The highest BCUT2D eigenvalue weighted by Crippen LogP contribution is 2.35. The van der Waals surface area contributed by atoms with Gasteiger partial charge in [0.2, 0.25) is 5.78 Å². The number of nitrogens with zero attached hydrogens (tertiary/aromatic N) is 2. The Morgan fingerprint density at radius 2 is 1.73 bits per heavy atom. The number of hydrogen-bond donors (Lipinski definition) is 2. The lowest BCUT2D eigenvalue weighted by molar-refractivity contribution is -0.418. The van der Waals surface area contributed by atoms with Gasteiger partial charge in [0.25, 0.3) is 0 Å². The Hall–Kier alpha value is -2.42. The Bertz CT molecular complexity index is 738. The van der Waals surface area contributed by atoms with Crippen molar-refractivity contribution in [2.75, 3.05) is 0 Å². The summed E-state index contributed by atoms with van der Waals surface area (Å²) in [7, 11) is 0. The molecule has 1 aliphatic carbocycles. The average molecular weight is 345 g/mol. The first-order valence-corrected chi connectivity index (χ1v) is 6.30. The van der Waals surface area contributed by atoms with Crippen LogP contribution in [0.2, 0.25) is 0 Å². The van der Waals surface area contributed by atoms with Gasteiger partial charge in [-0.3, -0.25) is 24.9 Å². The minimum atomic E-state index is -1.29. The third-order valence-electron chi connectivity index (χ3n) is 2.71. The maximum absolute atomic E-state index is 11.5. The largest absolute Gasteiger partial charge is 0.507 e. The highest BCUT2D eigenvalue weighted by atomic mass is 35.5. The molecule has 0 radical (unpaired) electrons. The lowest BCUT2D eigenvalue weighted by atomic mass is 9.98. The Kier molecular flexibility index (Phi) is 4.18. The number of aliphatic hydroxyl groups is 1. The van der Waals surface area contributed by atoms with Gasteiger partial charge in [0, 0.05) is 17.7 Å². The molecule has 2 rings (SSSR count). The maximum Gasteiger partial charge on any atom is 0.321 e. The molecule has 114 valence electrons. The minimum absolute atomic E-state index is 0.152. The predicted octanol–water partition coefficient (Wildman–Crippen LogP) is 1.90. The fourth-order valence-electron chi connectivity index (χ4n) is 1.74. The van der Waals surface area contributed by atoms with Crippen molar-refractivity contribution in [1.82, 2.24) is 5.06 Å². The number of ketones is 2. The number of carbonyl (C=O) groups is 2. The Morgan fingerprint density at radius 1 is 1.18 bits per heavy atom. The number of nitro groups is 1. The van der Waals surface area contributed by atoms with E-state index >= 15 is 0 Å². The SMILES string of the molecule is O=C1C=C(C(O)=C2C(Cl)=CN(O)C=C2Cl)C=C([N+](=O)[O-])C1=O. The van der Waals surface area contributed by atoms with E-state index in [2.05, 4.69) is 0 Å². The molecule has 1 heterocycles. The fraction of sp³-hybridized carbons (Fsp3) is 0. The maximum atomic E-state index is 11.5. The van der Waals surface area contributed by atoms with Crippen molar-refractivity contribution < 1.29 is 24.8 Å². The molecule has 0 bridgehead atoms. The van der Waals surface area contributed by atoms with E-state index in [1.807, 2.05) is 0 Å². The monoisotopic (exact) mass is 344 g/mol. The molecule has 8 nitrogen and oxygen atoms in total. The van der Waals surface area contributed by atoms with E-state index in [0.29, 0.717) is 5.06 Å². The van der Waals surface area contributed by atoms with Crippen molar-refractivity contribution in [3.8, 4) is 0 Å². The predicted molar refractivity (Wildman–Crippen MR) is 74.3 cm³/mol. The van der Waals surface area contributed by atoms with Crippen molar-refractivity contribution in [1.29, 1.82) is 0 Å². The fourth-order valence-corrected chi connectivity index (χ4v) is 2.37. The summed E-state index contributed by atoms with van der Waals surface area (Å²) in [6.45, 7) is 0. The first-order chi connectivity index (χ1) is 10.2. The van der Waals surface area contributed by atoms with Crippen LogP contribution < -0.4 is 0 Å². The van der Waals surface area contributed by atoms with Crippen LogP contribution in [0.15, 0.2) is 57.2 Å². The number of halogens is 2. The van der Waals surface area contributed by atoms with Crippen molar-refractivity contribution >= 4 is 34.8 Å². The van der Waals surface area contributed by atoms with Crippen LogP contribution >= 0.6 is 23.2 Å². The van der Waals surface area contributed by atoms with E-state index in [4.69, 9.17) is 23.2 Å². The van der Waals surface area contributed by atoms with Crippen LogP contribution in [-0.2, 0) is 9.59 Å². The normalized spacial score (nSPS) is 18.5. The second-order valence-electron chi connectivity index (χ2n) is 4.14. The summed E-state index contributed by atoms with van der Waals surface area (Å²) >= 11 is 11.7. The van der Waals surface area contributed by atoms with Gasteiger partial charge in [-0.2, -0.15) is 0 Å². The molecule has 0 saturated carbocycles. The number of hydrogen-bond acceptors (Lipinski definition) is 7. The first kappa shape index (κ1) is 16.0. The number of hydroxylamine groups is 2. The molecule has 0 amide bonds. The molecule has 10 heteroatoms. The van der Waals surface area contributed by atoms with Crippen LogP contribution in [0.1, 0.15) is 0 Å². The van der Waals surface area contributed by atoms with E-state index in [-0.39, 0.29) is 21.2 Å².